The van der Waals surface area contributed by atoms with Crippen LogP contribution in [-0.4, -0.2) is 0 Å². The second-order valence-corrected chi connectivity index (χ2v) is 2.44. The fraction of sp³-hybridized carbons (Fsp3) is 0.636. The minimum Gasteiger partial charge on any atom is -0.103 e. The molecule has 0 radical (unpaired) electrons. The van der Waals surface area contributed by atoms with Crippen LogP contribution in [0.5, 0.6) is 0 Å². The molecule has 0 unspecified atom stereocenters. The quantitative estimate of drug-likeness (QED) is 0.528. The van der Waals surface area contributed by atoms with Crippen molar-refractivity contribution in [1.29, 1.82) is 0 Å². The Balaban J connectivity index is 0. The Labute approximate surface area is 72.0 Å². The molecule has 0 saturated heterocycles. The molecule has 0 fully saturated rings. The monoisotopic (exact) mass is 154 g/mol. The van der Waals surface area contributed by atoms with E-state index in [0.29, 0.717) is 0 Å². The predicted molar refractivity (Wildman–Crippen MR) is 54.8 cm³/mol. The van der Waals surface area contributed by atoms with Gasteiger partial charge in [0.15, 0.2) is 0 Å². The molecule has 0 rings (SSSR count). The van der Waals surface area contributed by atoms with Gasteiger partial charge in [0.25, 0.3) is 0 Å². The van der Waals surface area contributed by atoms with E-state index >= 15 is 0 Å². The maximum absolute atomic E-state index is 3.55. The van der Waals surface area contributed by atoms with Crippen molar-refractivity contribution in [2.45, 2.75) is 46.5 Å². The lowest BCUT2D eigenvalue weighted by Crippen LogP contribution is -1.55. The van der Waals surface area contributed by atoms with Gasteiger partial charge < -0.3 is 0 Å². The maximum Gasteiger partial charge on any atom is -0.0353 e. The van der Waals surface area contributed by atoms with Crippen molar-refractivity contribution in [3.8, 4) is 0 Å². The highest BCUT2D eigenvalue weighted by molar-refractivity contribution is 4.75. The molecule has 0 aromatic rings. The SMILES string of the molecule is C/C=C/CCC.C=CCCC. The van der Waals surface area contributed by atoms with Gasteiger partial charge in [-0.3, -0.25) is 0 Å². The number of hydrogen-bond acceptors (Lipinski definition) is 0. The number of unbranched alkanes of at least 4 members (excludes halogenated alkanes) is 2. The molecule has 0 heteroatoms. The zero-order chi connectivity index (χ0) is 8.95. The molecule has 0 aliphatic rings. The van der Waals surface area contributed by atoms with Crippen molar-refractivity contribution < 1.29 is 0 Å². The third-order valence-corrected chi connectivity index (χ3v) is 1.18. The van der Waals surface area contributed by atoms with Gasteiger partial charge in [0.1, 0.15) is 0 Å². The number of allylic oxidation sites excluding steroid dienone is 3. The summed E-state index contributed by atoms with van der Waals surface area (Å²) in [6.07, 6.45) is 11.1. The van der Waals surface area contributed by atoms with Gasteiger partial charge in [-0.25, -0.2) is 0 Å². The molecule has 11 heavy (non-hydrogen) atoms. The lowest BCUT2D eigenvalue weighted by molar-refractivity contribution is 0.957. The molecule has 0 heterocycles. The summed E-state index contributed by atoms with van der Waals surface area (Å²) in [5.41, 5.74) is 0. The van der Waals surface area contributed by atoms with Crippen LogP contribution in [0.1, 0.15) is 46.5 Å². The van der Waals surface area contributed by atoms with Crippen LogP contribution >= 0.6 is 0 Å². The van der Waals surface area contributed by atoms with E-state index in [1.54, 1.807) is 0 Å². The van der Waals surface area contributed by atoms with Crippen molar-refractivity contribution in [3.05, 3.63) is 24.8 Å². The summed E-state index contributed by atoms with van der Waals surface area (Å²) in [7, 11) is 0. The van der Waals surface area contributed by atoms with Crippen LogP contribution in [-0.2, 0) is 0 Å². The molecule has 0 nitrogen and oxygen atoms in total. The van der Waals surface area contributed by atoms with E-state index in [9.17, 15) is 0 Å². The highest BCUT2D eigenvalue weighted by Crippen LogP contribution is 1.85. The highest BCUT2D eigenvalue weighted by Gasteiger charge is 1.64. The normalized spacial score (nSPS) is 9.00. The Hall–Kier alpha value is -0.520. The molecule has 0 spiro atoms. The standard InChI is InChI=1S/C6H12.C5H10/c1-3-5-6-4-2;1-3-5-4-2/h3,5H,4,6H2,1-2H3;3H,1,4-5H2,2H3/b5-3+;. The molecule has 0 aliphatic carbocycles. The Morgan fingerprint density at radius 1 is 1.09 bits per heavy atom. The van der Waals surface area contributed by atoms with E-state index in [0.717, 1.165) is 6.42 Å². The topological polar surface area (TPSA) is 0 Å². The first-order valence-electron chi connectivity index (χ1n) is 4.55. The van der Waals surface area contributed by atoms with Gasteiger partial charge in [-0.1, -0.05) is 44.9 Å². The summed E-state index contributed by atoms with van der Waals surface area (Å²) >= 11 is 0. The van der Waals surface area contributed by atoms with Gasteiger partial charge in [-0.15, -0.1) is 6.58 Å². The van der Waals surface area contributed by atoms with Crippen LogP contribution in [0.3, 0.4) is 0 Å². The summed E-state index contributed by atoms with van der Waals surface area (Å²) in [6.45, 7) is 9.92. The lowest BCUT2D eigenvalue weighted by Gasteiger charge is -1.76. The molecule has 0 aromatic heterocycles. The van der Waals surface area contributed by atoms with E-state index in [1.165, 1.54) is 19.3 Å². The van der Waals surface area contributed by atoms with Crippen molar-refractivity contribution >= 4 is 0 Å². The number of rotatable bonds is 4. The van der Waals surface area contributed by atoms with E-state index in [-0.39, 0.29) is 0 Å². The molecular weight excluding hydrogens is 132 g/mol. The Bertz CT molecular complexity index is 80.0. The molecular formula is C11H22. The average molecular weight is 154 g/mol. The van der Waals surface area contributed by atoms with Gasteiger partial charge in [-0.05, 0) is 19.8 Å². The van der Waals surface area contributed by atoms with Crippen molar-refractivity contribution in [1.82, 2.24) is 0 Å². The van der Waals surface area contributed by atoms with Crippen molar-refractivity contribution in [2.75, 3.05) is 0 Å². The predicted octanol–water partition coefficient (Wildman–Crippen LogP) is 4.34. The average Bonchev–Trinajstić information content (AvgIpc) is 2.04. The molecule has 0 atom stereocenters. The second-order valence-electron chi connectivity index (χ2n) is 2.44. The fourth-order valence-corrected chi connectivity index (χ4v) is 0.537. The van der Waals surface area contributed by atoms with Crippen LogP contribution < -0.4 is 0 Å². The minimum absolute atomic E-state index is 1.15. The van der Waals surface area contributed by atoms with Gasteiger partial charge in [0, 0.05) is 0 Å². The van der Waals surface area contributed by atoms with Crippen molar-refractivity contribution in [3.63, 3.8) is 0 Å². The first kappa shape index (κ1) is 13.1. The maximum atomic E-state index is 3.55. The molecule has 0 bridgehead atoms. The summed E-state index contributed by atoms with van der Waals surface area (Å²) in [4.78, 5) is 0. The molecule has 0 N–H and O–H groups in total. The minimum atomic E-state index is 1.15. The smallest absolute Gasteiger partial charge is 0.0353 e. The van der Waals surface area contributed by atoms with Crippen molar-refractivity contribution in [2.24, 2.45) is 0 Å². The summed E-state index contributed by atoms with van der Waals surface area (Å²) in [5, 5.41) is 0. The van der Waals surface area contributed by atoms with E-state index in [2.05, 4.69) is 39.5 Å². The Kier molecular flexibility index (Phi) is 19.3. The third-order valence-electron chi connectivity index (χ3n) is 1.18. The number of hydrogen-bond donors (Lipinski definition) is 0. The molecule has 0 aliphatic heterocycles. The zero-order valence-corrected chi connectivity index (χ0v) is 8.27. The Morgan fingerprint density at radius 3 is 1.73 bits per heavy atom. The third kappa shape index (κ3) is 26.4. The largest absolute Gasteiger partial charge is 0.103 e. The van der Waals surface area contributed by atoms with Gasteiger partial charge >= 0.3 is 0 Å². The summed E-state index contributed by atoms with van der Waals surface area (Å²) in [5.74, 6) is 0. The summed E-state index contributed by atoms with van der Waals surface area (Å²) in [6, 6.07) is 0. The molecule has 66 valence electrons. The second kappa shape index (κ2) is 16.2. The molecule has 0 aromatic carbocycles. The van der Waals surface area contributed by atoms with E-state index < -0.39 is 0 Å². The molecule has 0 amide bonds. The van der Waals surface area contributed by atoms with Crippen LogP contribution in [0.4, 0.5) is 0 Å². The fourth-order valence-electron chi connectivity index (χ4n) is 0.537. The highest BCUT2D eigenvalue weighted by atomic mass is 13.7. The first-order chi connectivity index (χ1) is 5.33. The van der Waals surface area contributed by atoms with Gasteiger partial charge in [-0.2, -0.15) is 0 Å². The first-order valence-corrected chi connectivity index (χ1v) is 4.55. The zero-order valence-electron chi connectivity index (χ0n) is 8.27. The Morgan fingerprint density at radius 2 is 1.64 bits per heavy atom. The summed E-state index contributed by atoms with van der Waals surface area (Å²) < 4.78 is 0. The van der Waals surface area contributed by atoms with Crippen LogP contribution in [0.15, 0.2) is 24.8 Å². The van der Waals surface area contributed by atoms with Gasteiger partial charge in [0.2, 0.25) is 0 Å². The lowest BCUT2D eigenvalue weighted by atomic mass is 10.3. The van der Waals surface area contributed by atoms with Crippen LogP contribution in [0.2, 0.25) is 0 Å². The molecule has 0 saturated carbocycles. The van der Waals surface area contributed by atoms with Crippen LogP contribution in [0.25, 0.3) is 0 Å². The van der Waals surface area contributed by atoms with Crippen LogP contribution in [0, 0.1) is 0 Å². The van der Waals surface area contributed by atoms with E-state index in [4.69, 9.17) is 0 Å². The van der Waals surface area contributed by atoms with E-state index in [1.807, 2.05) is 6.08 Å². The van der Waals surface area contributed by atoms with Gasteiger partial charge in [0.05, 0.1) is 0 Å².